The number of sulfonamides is 1. The molecular formula is C14H19Cl2NO3S. The fourth-order valence-corrected chi connectivity index (χ4v) is 3.69. The molecule has 1 saturated carbocycles. The Morgan fingerprint density at radius 2 is 2.10 bits per heavy atom. The molecule has 4 nitrogen and oxygen atoms in total. The summed E-state index contributed by atoms with van der Waals surface area (Å²) in [5.74, 6) is 0.912. The van der Waals surface area contributed by atoms with Crippen molar-refractivity contribution in [1.29, 1.82) is 0 Å². The van der Waals surface area contributed by atoms with Gasteiger partial charge in [-0.15, -0.1) is 11.6 Å². The average molecular weight is 352 g/mol. The number of ether oxygens (including phenoxy) is 1. The molecule has 118 valence electrons. The molecule has 1 aromatic carbocycles. The van der Waals surface area contributed by atoms with E-state index in [-0.39, 0.29) is 15.8 Å². The summed E-state index contributed by atoms with van der Waals surface area (Å²) >= 11 is 11.8. The zero-order valence-corrected chi connectivity index (χ0v) is 14.2. The van der Waals surface area contributed by atoms with E-state index in [4.69, 9.17) is 27.9 Å². The summed E-state index contributed by atoms with van der Waals surface area (Å²) in [6, 6.07) is 4.79. The van der Waals surface area contributed by atoms with Crippen LogP contribution in [0.3, 0.4) is 0 Å². The lowest BCUT2D eigenvalue weighted by molar-refractivity contribution is 0.117. The molecule has 21 heavy (non-hydrogen) atoms. The molecule has 0 N–H and O–H groups in total. The Bertz CT molecular complexity index is 588. The number of alkyl halides is 1. The summed E-state index contributed by atoms with van der Waals surface area (Å²) in [7, 11) is -2.10. The second kappa shape index (κ2) is 7.29. The van der Waals surface area contributed by atoms with Crippen molar-refractivity contribution >= 4 is 33.2 Å². The van der Waals surface area contributed by atoms with Crippen LogP contribution in [0.2, 0.25) is 5.02 Å². The summed E-state index contributed by atoms with van der Waals surface area (Å²) in [5, 5.41) is 0.203. The van der Waals surface area contributed by atoms with Crippen LogP contribution in [0.4, 0.5) is 0 Å². The highest BCUT2D eigenvalue weighted by Crippen LogP contribution is 2.29. The first-order chi connectivity index (χ1) is 9.95. The SMILES string of the molecule is CN(CCOCC1CC1)S(=O)(=O)c1cc(CCl)ccc1Cl. The molecule has 1 fully saturated rings. The van der Waals surface area contributed by atoms with Crippen molar-refractivity contribution < 1.29 is 13.2 Å². The number of rotatable bonds is 8. The number of halogens is 2. The van der Waals surface area contributed by atoms with E-state index in [1.807, 2.05) is 0 Å². The van der Waals surface area contributed by atoms with Crippen LogP contribution >= 0.6 is 23.2 Å². The monoisotopic (exact) mass is 351 g/mol. The van der Waals surface area contributed by atoms with Gasteiger partial charge in [0.25, 0.3) is 0 Å². The van der Waals surface area contributed by atoms with Crippen LogP contribution in [-0.2, 0) is 20.6 Å². The second-order valence-electron chi connectivity index (χ2n) is 5.24. The van der Waals surface area contributed by atoms with Crippen molar-refractivity contribution in [2.75, 3.05) is 26.8 Å². The molecule has 0 radical (unpaired) electrons. The first-order valence-electron chi connectivity index (χ1n) is 6.83. The summed E-state index contributed by atoms with van der Waals surface area (Å²) < 4.78 is 31.7. The summed E-state index contributed by atoms with van der Waals surface area (Å²) in [4.78, 5) is 0.0898. The molecule has 0 aliphatic heterocycles. The van der Waals surface area contributed by atoms with E-state index in [1.54, 1.807) is 12.1 Å². The van der Waals surface area contributed by atoms with Crippen molar-refractivity contribution in [3.63, 3.8) is 0 Å². The minimum atomic E-state index is -3.62. The van der Waals surface area contributed by atoms with E-state index < -0.39 is 10.0 Å². The third-order valence-corrected chi connectivity index (χ3v) is 6.09. The quantitative estimate of drug-likeness (QED) is 0.533. The lowest BCUT2D eigenvalue weighted by atomic mass is 10.2. The molecule has 1 aliphatic carbocycles. The minimum absolute atomic E-state index is 0.0898. The Balaban J connectivity index is 2.01. The minimum Gasteiger partial charge on any atom is -0.380 e. The van der Waals surface area contributed by atoms with Gasteiger partial charge in [0, 0.05) is 26.1 Å². The average Bonchev–Trinajstić information content (AvgIpc) is 3.27. The number of hydrogen-bond donors (Lipinski definition) is 0. The molecular weight excluding hydrogens is 333 g/mol. The van der Waals surface area contributed by atoms with E-state index in [9.17, 15) is 8.42 Å². The second-order valence-corrected chi connectivity index (χ2v) is 7.93. The normalized spacial score (nSPS) is 15.6. The topological polar surface area (TPSA) is 46.6 Å². The zero-order chi connectivity index (χ0) is 15.5. The van der Waals surface area contributed by atoms with Crippen LogP contribution in [0.5, 0.6) is 0 Å². The summed E-state index contributed by atoms with van der Waals surface area (Å²) in [6.07, 6.45) is 2.43. The van der Waals surface area contributed by atoms with Crippen LogP contribution in [0.1, 0.15) is 18.4 Å². The Morgan fingerprint density at radius 3 is 2.71 bits per heavy atom. The van der Waals surface area contributed by atoms with Gasteiger partial charge in [-0.1, -0.05) is 17.7 Å². The van der Waals surface area contributed by atoms with Crippen molar-refractivity contribution in [3.05, 3.63) is 28.8 Å². The van der Waals surface area contributed by atoms with Gasteiger partial charge in [0.1, 0.15) is 4.90 Å². The molecule has 0 heterocycles. The molecule has 2 rings (SSSR count). The summed E-state index contributed by atoms with van der Waals surface area (Å²) in [5.41, 5.74) is 0.720. The Morgan fingerprint density at radius 1 is 1.38 bits per heavy atom. The predicted molar refractivity (Wildman–Crippen MR) is 84.4 cm³/mol. The van der Waals surface area contributed by atoms with Gasteiger partial charge in [-0.3, -0.25) is 0 Å². The molecule has 0 unspecified atom stereocenters. The third kappa shape index (κ3) is 4.57. The molecule has 0 amide bonds. The van der Waals surface area contributed by atoms with Gasteiger partial charge in [0.2, 0.25) is 10.0 Å². The van der Waals surface area contributed by atoms with Gasteiger partial charge < -0.3 is 4.74 Å². The Hall–Kier alpha value is -0.330. The number of nitrogens with zero attached hydrogens (tertiary/aromatic N) is 1. The fourth-order valence-electron chi connectivity index (χ4n) is 1.84. The lowest BCUT2D eigenvalue weighted by Crippen LogP contribution is -2.30. The van der Waals surface area contributed by atoms with Gasteiger partial charge in [0.15, 0.2) is 0 Å². The molecule has 0 saturated heterocycles. The van der Waals surface area contributed by atoms with Gasteiger partial charge in [-0.25, -0.2) is 8.42 Å². The maximum atomic E-state index is 12.5. The van der Waals surface area contributed by atoms with Gasteiger partial charge in [0.05, 0.1) is 11.6 Å². The van der Waals surface area contributed by atoms with Crippen molar-refractivity contribution in [1.82, 2.24) is 4.31 Å². The maximum absolute atomic E-state index is 12.5. The van der Waals surface area contributed by atoms with Crippen molar-refractivity contribution in [2.45, 2.75) is 23.6 Å². The number of hydrogen-bond acceptors (Lipinski definition) is 3. The van der Waals surface area contributed by atoms with Crippen LogP contribution < -0.4 is 0 Å². The molecule has 0 spiro atoms. The van der Waals surface area contributed by atoms with E-state index in [0.29, 0.717) is 19.1 Å². The van der Waals surface area contributed by atoms with E-state index >= 15 is 0 Å². The molecule has 7 heteroatoms. The standard InChI is InChI=1S/C14H19Cl2NO3S/c1-17(6-7-20-10-11-2-3-11)21(18,19)14-8-12(9-15)4-5-13(14)16/h4-5,8,11H,2-3,6-7,9-10H2,1H3. The van der Waals surface area contributed by atoms with Gasteiger partial charge in [-0.05, 0) is 36.5 Å². The molecule has 0 atom stereocenters. The van der Waals surface area contributed by atoms with Crippen molar-refractivity contribution in [3.8, 4) is 0 Å². The highest BCUT2D eigenvalue weighted by atomic mass is 35.5. The first-order valence-corrected chi connectivity index (χ1v) is 9.19. The lowest BCUT2D eigenvalue weighted by Gasteiger charge is -2.18. The fraction of sp³-hybridized carbons (Fsp3) is 0.571. The molecule has 0 bridgehead atoms. The van der Waals surface area contributed by atoms with Gasteiger partial charge in [-0.2, -0.15) is 4.31 Å². The van der Waals surface area contributed by atoms with Crippen LogP contribution in [0, 0.1) is 5.92 Å². The summed E-state index contributed by atoms with van der Waals surface area (Å²) in [6.45, 7) is 1.41. The number of likely N-dealkylation sites (N-methyl/N-ethyl adjacent to an activating group) is 1. The third-order valence-electron chi connectivity index (χ3n) is 3.44. The van der Waals surface area contributed by atoms with Crippen LogP contribution in [0.25, 0.3) is 0 Å². The highest BCUT2D eigenvalue weighted by molar-refractivity contribution is 7.89. The first kappa shape index (κ1) is 17.0. The molecule has 1 aliphatic rings. The van der Waals surface area contributed by atoms with Crippen LogP contribution in [0.15, 0.2) is 23.1 Å². The largest absolute Gasteiger partial charge is 0.380 e. The Labute approximate surface area is 136 Å². The van der Waals surface area contributed by atoms with Crippen molar-refractivity contribution in [2.24, 2.45) is 5.92 Å². The smallest absolute Gasteiger partial charge is 0.244 e. The Kier molecular flexibility index (Phi) is 5.91. The zero-order valence-electron chi connectivity index (χ0n) is 11.9. The predicted octanol–water partition coefficient (Wildman–Crippen LogP) is 3.13. The maximum Gasteiger partial charge on any atom is 0.244 e. The number of benzene rings is 1. The molecule has 1 aromatic rings. The van der Waals surface area contributed by atoms with E-state index in [0.717, 1.165) is 12.2 Å². The van der Waals surface area contributed by atoms with Crippen LogP contribution in [-0.4, -0.2) is 39.5 Å². The van der Waals surface area contributed by atoms with Gasteiger partial charge >= 0.3 is 0 Å². The van der Waals surface area contributed by atoms with E-state index in [1.165, 1.54) is 30.3 Å². The highest BCUT2D eigenvalue weighted by Gasteiger charge is 2.25. The van der Waals surface area contributed by atoms with E-state index in [2.05, 4.69) is 0 Å². The molecule has 0 aromatic heterocycles.